The minimum Gasteiger partial charge on any atom is -0.371 e. The number of anilines is 1. The molecule has 88 valence electrons. The van der Waals surface area contributed by atoms with Crippen molar-refractivity contribution >= 4 is 28.9 Å². The van der Waals surface area contributed by atoms with Crippen molar-refractivity contribution in [2.45, 2.75) is 26.1 Å². The van der Waals surface area contributed by atoms with Crippen molar-refractivity contribution in [3.8, 4) is 0 Å². The average Bonchev–Trinajstić information content (AvgIpc) is 2.59. The highest BCUT2D eigenvalue weighted by atomic mass is 35.5. The summed E-state index contributed by atoms with van der Waals surface area (Å²) in [5, 5.41) is 0.775. The lowest BCUT2D eigenvalue weighted by Crippen LogP contribution is -2.22. The topological polar surface area (TPSA) is 3.24 Å². The molecule has 0 aromatic heterocycles. The molecule has 0 atom stereocenters. The van der Waals surface area contributed by atoms with E-state index in [1.165, 1.54) is 12.1 Å². The molecule has 0 bridgehead atoms. The number of hydrogen-bond acceptors (Lipinski definition) is 1. The van der Waals surface area contributed by atoms with E-state index in [9.17, 15) is 0 Å². The maximum absolute atomic E-state index is 6.17. The fourth-order valence-electron chi connectivity index (χ4n) is 2.17. The summed E-state index contributed by atoms with van der Waals surface area (Å²) in [5.74, 6) is 0.477. The molecule has 1 fully saturated rings. The number of benzene rings is 1. The molecule has 0 saturated carbocycles. The van der Waals surface area contributed by atoms with Gasteiger partial charge in [0.25, 0.3) is 0 Å². The van der Waals surface area contributed by atoms with E-state index in [4.69, 9.17) is 23.2 Å². The van der Waals surface area contributed by atoms with Crippen LogP contribution in [-0.2, 0) is 5.88 Å². The second kappa shape index (κ2) is 4.46. The lowest BCUT2D eigenvalue weighted by Gasteiger charge is -2.22. The Morgan fingerprint density at radius 1 is 1.38 bits per heavy atom. The van der Waals surface area contributed by atoms with E-state index >= 15 is 0 Å². The van der Waals surface area contributed by atoms with E-state index < -0.39 is 0 Å². The summed E-state index contributed by atoms with van der Waals surface area (Å²) in [4.78, 5) is 2.39. The van der Waals surface area contributed by atoms with Crippen molar-refractivity contribution < 1.29 is 0 Å². The zero-order valence-corrected chi connectivity index (χ0v) is 11.3. The zero-order chi connectivity index (χ0) is 11.8. The summed E-state index contributed by atoms with van der Waals surface area (Å²) >= 11 is 12.0. The van der Waals surface area contributed by atoms with Crippen molar-refractivity contribution in [1.29, 1.82) is 0 Å². The van der Waals surface area contributed by atoms with Crippen LogP contribution in [0.5, 0.6) is 0 Å². The minimum atomic E-state index is 0.414. The Morgan fingerprint density at radius 3 is 2.62 bits per heavy atom. The van der Waals surface area contributed by atoms with Gasteiger partial charge in [0.1, 0.15) is 0 Å². The van der Waals surface area contributed by atoms with E-state index in [1.54, 1.807) is 0 Å². The smallest absolute Gasteiger partial charge is 0.0488 e. The average molecular weight is 258 g/mol. The summed E-state index contributed by atoms with van der Waals surface area (Å²) in [5.41, 5.74) is 2.63. The second-order valence-electron chi connectivity index (χ2n) is 5.25. The van der Waals surface area contributed by atoms with Gasteiger partial charge in [0, 0.05) is 29.7 Å². The van der Waals surface area contributed by atoms with Crippen molar-refractivity contribution in [2.24, 2.45) is 5.41 Å². The number of alkyl halides is 1. The van der Waals surface area contributed by atoms with Crippen LogP contribution >= 0.6 is 23.2 Å². The Labute approximate surface area is 107 Å². The van der Waals surface area contributed by atoms with E-state index in [-0.39, 0.29) is 0 Å². The van der Waals surface area contributed by atoms with Crippen molar-refractivity contribution in [2.75, 3.05) is 18.0 Å². The van der Waals surface area contributed by atoms with E-state index in [1.807, 2.05) is 12.1 Å². The van der Waals surface area contributed by atoms with Gasteiger partial charge in [-0.2, -0.15) is 0 Å². The fourth-order valence-corrected chi connectivity index (χ4v) is 2.72. The van der Waals surface area contributed by atoms with Crippen molar-refractivity contribution in [1.82, 2.24) is 0 Å². The second-order valence-corrected chi connectivity index (χ2v) is 5.92. The molecule has 0 aliphatic carbocycles. The largest absolute Gasteiger partial charge is 0.371 e. The zero-order valence-electron chi connectivity index (χ0n) is 9.76. The molecule has 1 aliphatic heterocycles. The van der Waals surface area contributed by atoms with Gasteiger partial charge in [0.2, 0.25) is 0 Å². The summed E-state index contributed by atoms with van der Waals surface area (Å²) in [6.07, 6.45) is 1.24. The molecule has 2 rings (SSSR count). The third-order valence-electron chi connectivity index (χ3n) is 3.22. The van der Waals surface area contributed by atoms with Crippen LogP contribution < -0.4 is 4.90 Å². The first kappa shape index (κ1) is 12.1. The van der Waals surface area contributed by atoms with Crippen LogP contribution in [0.25, 0.3) is 0 Å². The molecule has 0 unspecified atom stereocenters. The molecule has 16 heavy (non-hydrogen) atoms. The molecule has 1 aliphatic rings. The van der Waals surface area contributed by atoms with Gasteiger partial charge >= 0.3 is 0 Å². The van der Waals surface area contributed by atoms with Crippen molar-refractivity contribution in [3.63, 3.8) is 0 Å². The molecule has 0 amide bonds. The highest BCUT2D eigenvalue weighted by molar-refractivity contribution is 6.32. The van der Waals surface area contributed by atoms with E-state index in [0.29, 0.717) is 11.3 Å². The van der Waals surface area contributed by atoms with Gasteiger partial charge in [0.15, 0.2) is 0 Å². The molecule has 1 heterocycles. The molecule has 0 spiro atoms. The summed E-state index contributed by atoms with van der Waals surface area (Å²) in [7, 11) is 0. The number of halogens is 2. The van der Waals surface area contributed by atoms with Crippen LogP contribution in [0.1, 0.15) is 25.8 Å². The quantitative estimate of drug-likeness (QED) is 0.714. The van der Waals surface area contributed by atoms with Gasteiger partial charge in [-0.3, -0.25) is 0 Å². The highest BCUT2D eigenvalue weighted by Crippen LogP contribution is 2.34. The third kappa shape index (κ3) is 2.46. The molecule has 1 aromatic rings. The Morgan fingerprint density at radius 2 is 2.12 bits per heavy atom. The highest BCUT2D eigenvalue weighted by Gasteiger charge is 2.29. The van der Waals surface area contributed by atoms with E-state index in [0.717, 1.165) is 23.7 Å². The standard InChI is InChI=1S/C13H17Cl2N/c1-13(2)5-6-16(9-13)11-4-3-10(8-14)12(15)7-11/h3-4,7H,5-6,8-9H2,1-2H3. The Hall–Kier alpha value is -0.400. The number of rotatable bonds is 2. The molecule has 1 aromatic carbocycles. The van der Waals surface area contributed by atoms with Gasteiger partial charge in [-0.1, -0.05) is 31.5 Å². The Kier molecular flexibility index (Phi) is 3.37. The number of hydrogen-bond donors (Lipinski definition) is 0. The lowest BCUT2D eigenvalue weighted by atomic mass is 9.93. The van der Waals surface area contributed by atoms with Crippen LogP contribution in [0.3, 0.4) is 0 Å². The summed E-state index contributed by atoms with van der Waals surface area (Å²) in [6.45, 7) is 6.83. The number of nitrogens with zero attached hydrogens (tertiary/aromatic N) is 1. The first-order valence-electron chi connectivity index (χ1n) is 5.61. The van der Waals surface area contributed by atoms with Crippen LogP contribution in [0.2, 0.25) is 5.02 Å². The molecule has 3 heteroatoms. The molecular weight excluding hydrogens is 241 g/mol. The van der Waals surface area contributed by atoms with Crippen molar-refractivity contribution in [3.05, 3.63) is 28.8 Å². The van der Waals surface area contributed by atoms with Crippen LogP contribution in [0, 0.1) is 5.41 Å². The SMILES string of the molecule is CC1(C)CCN(c2ccc(CCl)c(Cl)c2)C1. The molecular formula is C13H17Cl2N. The van der Waals surface area contributed by atoms with Gasteiger partial charge in [-0.05, 0) is 29.5 Å². The maximum atomic E-state index is 6.17. The molecule has 1 saturated heterocycles. The van der Waals surface area contributed by atoms with Crippen LogP contribution in [-0.4, -0.2) is 13.1 Å². The maximum Gasteiger partial charge on any atom is 0.0488 e. The Balaban J connectivity index is 2.20. The lowest BCUT2D eigenvalue weighted by molar-refractivity contribution is 0.418. The van der Waals surface area contributed by atoms with Gasteiger partial charge in [-0.25, -0.2) is 0 Å². The molecule has 0 radical (unpaired) electrons. The third-order valence-corrected chi connectivity index (χ3v) is 3.86. The first-order chi connectivity index (χ1) is 7.52. The van der Waals surface area contributed by atoms with Gasteiger partial charge in [-0.15, -0.1) is 11.6 Å². The molecule has 1 nitrogen and oxygen atoms in total. The van der Waals surface area contributed by atoms with Crippen LogP contribution in [0.4, 0.5) is 5.69 Å². The van der Waals surface area contributed by atoms with Crippen LogP contribution in [0.15, 0.2) is 18.2 Å². The minimum absolute atomic E-state index is 0.414. The Bertz CT molecular complexity index is 388. The normalized spacial score (nSPS) is 19.1. The van der Waals surface area contributed by atoms with Gasteiger partial charge < -0.3 is 4.90 Å². The first-order valence-corrected chi connectivity index (χ1v) is 6.52. The molecule has 0 N–H and O–H groups in total. The van der Waals surface area contributed by atoms with E-state index in [2.05, 4.69) is 24.8 Å². The van der Waals surface area contributed by atoms with Gasteiger partial charge in [0.05, 0.1) is 0 Å². The predicted molar refractivity (Wildman–Crippen MR) is 71.6 cm³/mol. The predicted octanol–water partition coefficient (Wildman–Crippen LogP) is 4.32. The monoisotopic (exact) mass is 257 g/mol. The summed E-state index contributed by atoms with van der Waals surface area (Å²) in [6, 6.07) is 6.17. The fraction of sp³-hybridized carbons (Fsp3) is 0.538. The summed E-state index contributed by atoms with van der Waals surface area (Å²) < 4.78 is 0.